The maximum absolute atomic E-state index is 13.0. The maximum atomic E-state index is 13.0. The van der Waals surface area contributed by atoms with Gasteiger partial charge in [-0.15, -0.1) is 0 Å². The minimum Gasteiger partial charge on any atom is -0.456 e. The maximum Gasteiger partial charge on any atom is 0.410 e. The van der Waals surface area contributed by atoms with Gasteiger partial charge in [0.05, 0.1) is 5.69 Å². The number of rotatable bonds is 4. The van der Waals surface area contributed by atoms with Gasteiger partial charge in [0, 0.05) is 13.1 Å². The minimum absolute atomic E-state index is 0.204. The molecule has 0 unspecified atom stereocenters. The van der Waals surface area contributed by atoms with Gasteiger partial charge in [-0.1, -0.05) is 12.1 Å². The Hall–Kier alpha value is -3.55. The molecule has 0 saturated carbocycles. The van der Waals surface area contributed by atoms with Crippen LogP contribution in [0.5, 0.6) is 17.2 Å². The summed E-state index contributed by atoms with van der Waals surface area (Å²) < 4.78 is 22.2. The highest BCUT2D eigenvalue weighted by Crippen LogP contribution is 2.34. The quantitative estimate of drug-likeness (QED) is 0.754. The van der Waals surface area contributed by atoms with Crippen molar-refractivity contribution in [2.75, 3.05) is 12.1 Å². The number of nitrogens with one attached hydrogen (secondary N) is 1. The number of fused-ring (bicyclic) bond motifs is 2. The molecule has 8 heteroatoms. The number of carbonyl (C=O) groups is 1. The second kappa shape index (κ2) is 7.94. The average Bonchev–Trinajstić information content (AvgIpc) is 3.15. The number of nitrogens with two attached hydrogens (primary N) is 1. The van der Waals surface area contributed by atoms with Crippen LogP contribution in [0.2, 0.25) is 0 Å². The first-order valence-corrected chi connectivity index (χ1v) is 10.1. The van der Waals surface area contributed by atoms with Gasteiger partial charge in [0.15, 0.2) is 17.2 Å². The lowest BCUT2D eigenvalue weighted by Gasteiger charge is -2.28. The van der Waals surface area contributed by atoms with Crippen molar-refractivity contribution in [3.63, 3.8) is 0 Å². The van der Waals surface area contributed by atoms with E-state index in [1.807, 2.05) is 57.2 Å². The minimum atomic E-state index is -0.605. The van der Waals surface area contributed by atoms with Crippen molar-refractivity contribution >= 4 is 11.8 Å². The third-order valence-electron chi connectivity index (χ3n) is 4.79. The summed E-state index contributed by atoms with van der Waals surface area (Å²) in [5.74, 6) is 3.16. The van der Waals surface area contributed by atoms with E-state index in [4.69, 9.17) is 24.7 Å². The van der Waals surface area contributed by atoms with Gasteiger partial charge in [0.25, 0.3) is 0 Å². The second-order valence-electron chi connectivity index (χ2n) is 8.55. The fourth-order valence-corrected chi connectivity index (χ4v) is 3.31. The van der Waals surface area contributed by atoms with Crippen LogP contribution in [0.25, 0.3) is 0 Å². The van der Waals surface area contributed by atoms with E-state index in [-0.39, 0.29) is 6.79 Å². The largest absolute Gasteiger partial charge is 0.456 e. The highest BCUT2D eigenvalue weighted by atomic mass is 16.7. The van der Waals surface area contributed by atoms with Crippen LogP contribution in [0, 0.1) is 0 Å². The molecule has 0 bridgehead atoms. The van der Waals surface area contributed by atoms with Crippen LogP contribution >= 0.6 is 0 Å². The predicted molar refractivity (Wildman–Crippen MR) is 116 cm³/mol. The molecule has 2 aliphatic heterocycles. The van der Waals surface area contributed by atoms with Crippen molar-refractivity contribution in [1.29, 1.82) is 0 Å². The fourth-order valence-electron chi connectivity index (χ4n) is 3.31. The Kier molecular flexibility index (Phi) is 5.31. The van der Waals surface area contributed by atoms with E-state index < -0.39 is 11.7 Å². The number of anilines is 1. The Morgan fingerprint density at radius 1 is 1.06 bits per heavy atom. The number of amides is 1. The molecule has 0 aliphatic carbocycles. The van der Waals surface area contributed by atoms with E-state index in [0.717, 1.165) is 16.8 Å². The summed E-state index contributed by atoms with van der Waals surface area (Å²) in [6, 6.07) is 11.4. The van der Waals surface area contributed by atoms with Crippen LogP contribution in [-0.4, -0.2) is 23.4 Å². The average molecular weight is 425 g/mol. The van der Waals surface area contributed by atoms with E-state index in [1.165, 1.54) is 0 Å². The molecular weight excluding hydrogens is 398 g/mol. The Bertz CT molecular complexity index is 1040. The predicted octanol–water partition coefficient (Wildman–Crippen LogP) is 4.30. The molecule has 2 aliphatic rings. The third-order valence-corrected chi connectivity index (χ3v) is 4.79. The summed E-state index contributed by atoms with van der Waals surface area (Å²) in [7, 11) is 0. The molecule has 0 aromatic heterocycles. The number of carbonyl (C=O) groups excluding carboxylic acids is 1. The zero-order valence-corrected chi connectivity index (χ0v) is 18.2. The van der Waals surface area contributed by atoms with Gasteiger partial charge in [-0.05, 0) is 63.1 Å². The van der Waals surface area contributed by atoms with Gasteiger partial charge in [0.1, 0.15) is 17.2 Å². The van der Waals surface area contributed by atoms with Crippen LogP contribution in [0.3, 0.4) is 0 Å². The van der Waals surface area contributed by atoms with Gasteiger partial charge < -0.3 is 30.0 Å². The van der Waals surface area contributed by atoms with E-state index >= 15 is 0 Å². The summed E-state index contributed by atoms with van der Waals surface area (Å²) in [5.41, 5.74) is 7.92. The Morgan fingerprint density at radius 3 is 2.42 bits per heavy atom. The van der Waals surface area contributed by atoms with Crippen LogP contribution in [0.1, 0.15) is 38.8 Å². The first kappa shape index (κ1) is 20.7. The third kappa shape index (κ3) is 4.79. The lowest BCUT2D eigenvalue weighted by atomic mass is 10.1. The lowest BCUT2D eigenvalue weighted by molar-refractivity contribution is 0.0216. The Morgan fingerprint density at radius 2 is 1.71 bits per heavy atom. The van der Waals surface area contributed by atoms with Crippen LogP contribution in [-0.2, 0) is 17.8 Å². The first-order valence-electron chi connectivity index (χ1n) is 10.1. The Balaban J connectivity index is 1.56. The Labute approximate surface area is 181 Å². The summed E-state index contributed by atoms with van der Waals surface area (Å²) in [5, 5.41) is 3.14. The fraction of sp³-hybridized carbons (Fsp3) is 0.348. The lowest BCUT2D eigenvalue weighted by Crippen LogP contribution is -2.36. The number of benzene rings is 2. The zero-order valence-electron chi connectivity index (χ0n) is 18.2. The van der Waals surface area contributed by atoms with Gasteiger partial charge in [-0.2, -0.15) is 0 Å². The van der Waals surface area contributed by atoms with E-state index in [2.05, 4.69) is 5.32 Å². The number of hydrogen-bond acceptors (Lipinski definition) is 7. The summed E-state index contributed by atoms with van der Waals surface area (Å²) >= 11 is 0. The first-order chi connectivity index (χ1) is 14.7. The summed E-state index contributed by atoms with van der Waals surface area (Å²) in [6.45, 7) is 8.25. The molecule has 1 amide bonds. The normalized spacial score (nSPS) is 14.5. The van der Waals surface area contributed by atoms with Crippen molar-refractivity contribution in [1.82, 2.24) is 4.90 Å². The van der Waals surface area contributed by atoms with E-state index in [0.29, 0.717) is 41.9 Å². The number of allylic oxidation sites excluding steroid dienone is 1. The molecule has 164 valence electrons. The SMILES string of the molecule is CC1=C(N)Nc2cc(CN(Cc3ccc4c(c3)OCO4)C(=O)OC(C)(C)C)ccc2O1. The molecule has 2 aromatic rings. The molecule has 2 heterocycles. The molecule has 0 spiro atoms. The number of ether oxygens (including phenoxy) is 4. The highest BCUT2D eigenvalue weighted by molar-refractivity contribution is 5.69. The van der Waals surface area contributed by atoms with Crippen molar-refractivity contribution in [2.45, 2.75) is 46.4 Å². The van der Waals surface area contributed by atoms with E-state index in [9.17, 15) is 4.79 Å². The van der Waals surface area contributed by atoms with Crippen molar-refractivity contribution in [3.8, 4) is 17.2 Å². The van der Waals surface area contributed by atoms with Crippen molar-refractivity contribution in [3.05, 3.63) is 59.1 Å². The summed E-state index contributed by atoms with van der Waals surface area (Å²) in [4.78, 5) is 14.6. The second-order valence-corrected chi connectivity index (χ2v) is 8.55. The van der Waals surface area contributed by atoms with E-state index in [1.54, 1.807) is 11.8 Å². The molecule has 0 radical (unpaired) electrons. The molecular formula is C23H27N3O5. The van der Waals surface area contributed by atoms with Crippen molar-refractivity contribution in [2.24, 2.45) is 5.73 Å². The van der Waals surface area contributed by atoms with Gasteiger partial charge in [0.2, 0.25) is 6.79 Å². The van der Waals surface area contributed by atoms with Crippen LogP contribution in [0.4, 0.5) is 10.5 Å². The van der Waals surface area contributed by atoms with Crippen LogP contribution in [0.15, 0.2) is 48.0 Å². The summed E-state index contributed by atoms with van der Waals surface area (Å²) in [6.07, 6.45) is -0.401. The molecule has 2 aromatic carbocycles. The molecule has 3 N–H and O–H groups in total. The topological polar surface area (TPSA) is 95.3 Å². The highest BCUT2D eigenvalue weighted by Gasteiger charge is 2.24. The molecule has 31 heavy (non-hydrogen) atoms. The van der Waals surface area contributed by atoms with Gasteiger partial charge in [-0.25, -0.2) is 4.79 Å². The van der Waals surface area contributed by atoms with Crippen molar-refractivity contribution < 1.29 is 23.7 Å². The monoisotopic (exact) mass is 425 g/mol. The standard InChI is InChI=1S/C23H27N3O5/c1-14-21(24)25-17-9-15(5-7-18(17)30-14)11-26(22(27)31-23(2,3)4)12-16-6-8-19-20(10-16)29-13-28-19/h5-10,25H,11-13,24H2,1-4H3. The smallest absolute Gasteiger partial charge is 0.410 e. The molecule has 0 saturated heterocycles. The molecule has 0 atom stereocenters. The van der Waals surface area contributed by atoms with Crippen LogP contribution < -0.4 is 25.3 Å². The molecule has 8 nitrogen and oxygen atoms in total. The van der Waals surface area contributed by atoms with Gasteiger partial charge in [-0.3, -0.25) is 4.90 Å². The number of hydrogen-bond donors (Lipinski definition) is 2. The molecule has 4 rings (SSSR count). The zero-order chi connectivity index (χ0) is 22.2. The molecule has 0 fully saturated rings. The van der Waals surface area contributed by atoms with Gasteiger partial charge >= 0.3 is 6.09 Å². The number of nitrogens with zero attached hydrogens (tertiary/aromatic N) is 1.